The molecule has 0 radical (unpaired) electrons. The van der Waals surface area contributed by atoms with Gasteiger partial charge in [-0.15, -0.1) is 0 Å². The minimum absolute atomic E-state index is 0.0178. The van der Waals surface area contributed by atoms with Crippen LogP contribution in [-0.2, 0) is 4.79 Å². The molecule has 0 unspecified atom stereocenters. The van der Waals surface area contributed by atoms with Crippen LogP contribution in [0.4, 0.5) is 5.69 Å². The van der Waals surface area contributed by atoms with Gasteiger partial charge in [-0.05, 0) is 55.5 Å². The highest BCUT2D eigenvalue weighted by molar-refractivity contribution is 6.30. The summed E-state index contributed by atoms with van der Waals surface area (Å²) in [7, 11) is 0. The Kier molecular flexibility index (Phi) is 6.23. The molecule has 1 saturated heterocycles. The van der Waals surface area contributed by atoms with E-state index in [1.54, 1.807) is 27.9 Å². The Morgan fingerprint density at radius 2 is 1.74 bits per heavy atom. The van der Waals surface area contributed by atoms with Crippen LogP contribution in [0.15, 0.2) is 60.8 Å². The van der Waals surface area contributed by atoms with Crippen molar-refractivity contribution in [3.63, 3.8) is 0 Å². The first-order chi connectivity index (χ1) is 15.0. The third-order valence-corrected chi connectivity index (χ3v) is 5.65. The SMILES string of the molecule is Cc1ccnn1-c1ccc(C(=O)NCC(=O)N2CCN(c3cccc(Cl)c3)CC2)cc1. The molecule has 3 aromatic rings. The van der Waals surface area contributed by atoms with Crippen LogP contribution in [0.5, 0.6) is 0 Å². The number of carbonyl (C=O) groups excluding carboxylic acids is 2. The van der Waals surface area contributed by atoms with Crippen LogP contribution < -0.4 is 10.2 Å². The number of halogens is 1. The molecule has 0 spiro atoms. The Hall–Kier alpha value is -3.32. The van der Waals surface area contributed by atoms with Crippen LogP contribution in [0.25, 0.3) is 5.69 Å². The number of hydrogen-bond acceptors (Lipinski definition) is 4. The van der Waals surface area contributed by atoms with Gasteiger partial charge >= 0.3 is 0 Å². The van der Waals surface area contributed by atoms with E-state index in [0.717, 1.165) is 30.2 Å². The van der Waals surface area contributed by atoms with Crippen molar-refractivity contribution in [3.05, 3.63) is 77.1 Å². The standard InChI is InChI=1S/C23H24ClN5O2/c1-17-9-10-26-29(17)20-7-5-18(6-8-20)23(31)25-16-22(30)28-13-11-27(12-14-28)21-4-2-3-19(24)15-21/h2-10,15H,11-14,16H2,1H3,(H,25,31). The van der Waals surface area contributed by atoms with Crippen LogP contribution in [-0.4, -0.2) is 59.2 Å². The number of aryl methyl sites for hydroxylation is 1. The zero-order valence-electron chi connectivity index (χ0n) is 17.3. The van der Waals surface area contributed by atoms with Gasteiger partial charge in [0.25, 0.3) is 5.91 Å². The molecule has 0 saturated carbocycles. The lowest BCUT2D eigenvalue weighted by molar-refractivity contribution is -0.130. The molecule has 1 aliphatic heterocycles. The average molecular weight is 438 g/mol. The fourth-order valence-electron chi connectivity index (χ4n) is 3.65. The van der Waals surface area contributed by atoms with E-state index in [4.69, 9.17) is 11.6 Å². The molecule has 1 N–H and O–H groups in total. The maximum atomic E-state index is 12.5. The lowest BCUT2D eigenvalue weighted by Crippen LogP contribution is -2.51. The quantitative estimate of drug-likeness (QED) is 0.666. The van der Waals surface area contributed by atoms with Crippen molar-refractivity contribution < 1.29 is 9.59 Å². The summed E-state index contributed by atoms with van der Waals surface area (Å²) in [4.78, 5) is 29.0. The third-order valence-electron chi connectivity index (χ3n) is 5.41. The summed E-state index contributed by atoms with van der Waals surface area (Å²) in [6.45, 7) is 4.63. The molecule has 1 aromatic heterocycles. The van der Waals surface area contributed by atoms with Crippen LogP contribution >= 0.6 is 11.6 Å². The fourth-order valence-corrected chi connectivity index (χ4v) is 3.84. The molecule has 4 rings (SSSR count). The summed E-state index contributed by atoms with van der Waals surface area (Å²) in [5.41, 5.74) is 3.46. The second-order valence-electron chi connectivity index (χ2n) is 7.46. The highest BCUT2D eigenvalue weighted by atomic mass is 35.5. The Morgan fingerprint density at radius 1 is 1.00 bits per heavy atom. The minimum atomic E-state index is -0.269. The molecule has 0 bridgehead atoms. The van der Waals surface area contributed by atoms with Gasteiger partial charge in [0.05, 0.1) is 12.2 Å². The lowest BCUT2D eigenvalue weighted by Gasteiger charge is -2.36. The van der Waals surface area contributed by atoms with Crippen molar-refractivity contribution in [2.24, 2.45) is 0 Å². The minimum Gasteiger partial charge on any atom is -0.368 e. The van der Waals surface area contributed by atoms with E-state index in [2.05, 4.69) is 15.3 Å². The number of nitrogens with one attached hydrogen (secondary N) is 1. The second-order valence-corrected chi connectivity index (χ2v) is 7.90. The maximum Gasteiger partial charge on any atom is 0.251 e. The average Bonchev–Trinajstić information content (AvgIpc) is 3.23. The lowest BCUT2D eigenvalue weighted by atomic mass is 10.2. The van der Waals surface area contributed by atoms with Crippen molar-refractivity contribution in [2.75, 3.05) is 37.6 Å². The summed E-state index contributed by atoms with van der Waals surface area (Å²) < 4.78 is 1.80. The predicted octanol–water partition coefficient (Wildman–Crippen LogP) is 2.91. The summed E-state index contributed by atoms with van der Waals surface area (Å²) >= 11 is 6.07. The van der Waals surface area contributed by atoms with E-state index < -0.39 is 0 Å². The van der Waals surface area contributed by atoms with E-state index in [-0.39, 0.29) is 18.4 Å². The van der Waals surface area contributed by atoms with Gasteiger partial charge in [0.15, 0.2) is 0 Å². The number of aromatic nitrogens is 2. The summed E-state index contributed by atoms with van der Waals surface area (Å²) in [6, 6.07) is 16.8. The molecule has 1 aliphatic rings. The van der Waals surface area contributed by atoms with Crippen molar-refractivity contribution >= 4 is 29.1 Å². The van der Waals surface area contributed by atoms with E-state index >= 15 is 0 Å². The van der Waals surface area contributed by atoms with Gasteiger partial charge in [0.2, 0.25) is 5.91 Å². The molecular formula is C23H24ClN5O2. The van der Waals surface area contributed by atoms with Gasteiger partial charge in [0.1, 0.15) is 0 Å². The smallest absolute Gasteiger partial charge is 0.251 e. The molecule has 31 heavy (non-hydrogen) atoms. The monoisotopic (exact) mass is 437 g/mol. The number of benzene rings is 2. The van der Waals surface area contributed by atoms with E-state index in [9.17, 15) is 9.59 Å². The van der Waals surface area contributed by atoms with E-state index in [1.807, 2.05) is 49.4 Å². The number of piperazine rings is 1. The predicted molar refractivity (Wildman–Crippen MR) is 121 cm³/mol. The number of nitrogens with zero attached hydrogens (tertiary/aromatic N) is 4. The van der Waals surface area contributed by atoms with E-state index in [1.165, 1.54) is 0 Å². The summed E-state index contributed by atoms with van der Waals surface area (Å²) in [6.07, 6.45) is 1.73. The molecule has 1 fully saturated rings. The van der Waals surface area contributed by atoms with Gasteiger partial charge < -0.3 is 15.1 Å². The molecular weight excluding hydrogens is 414 g/mol. The molecule has 0 atom stereocenters. The summed E-state index contributed by atoms with van der Waals surface area (Å²) in [5, 5.41) is 7.69. The maximum absolute atomic E-state index is 12.5. The van der Waals surface area contributed by atoms with Gasteiger partial charge in [-0.25, -0.2) is 4.68 Å². The van der Waals surface area contributed by atoms with Crippen molar-refractivity contribution in [3.8, 4) is 5.69 Å². The Bertz CT molecular complexity index is 1070. The first kappa shape index (κ1) is 20.9. The summed E-state index contributed by atoms with van der Waals surface area (Å²) in [5.74, 6) is -0.350. The van der Waals surface area contributed by atoms with E-state index in [0.29, 0.717) is 23.7 Å². The van der Waals surface area contributed by atoms with Gasteiger partial charge in [-0.3, -0.25) is 9.59 Å². The second kappa shape index (κ2) is 9.22. The highest BCUT2D eigenvalue weighted by Gasteiger charge is 2.22. The Morgan fingerprint density at radius 3 is 2.39 bits per heavy atom. The van der Waals surface area contributed by atoms with Crippen molar-refractivity contribution in [1.82, 2.24) is 20.0 Å². The van der Waals surface area contributed by atoms with Crippen LogP contribution in [0.2, 0.25) is 5.02 Å². The van der Waals surface area contributed by atoms with Crippen molar-refractivity contribution in [1.29, 1.82) is 0 Å². The first-order valence-electron chi connectivity index (χ1n) is 10.2. The number of hydrogen-bond donors (Lipinski definition) is 1. The zero-order valence-corrected chi connectivity index (χ0v) is 18.0. The van der Waals surface area contributed by atoms with Gasteiger partial charge in [-0.2, -0.15) is 5.10 Å². The number of amides is 2. The third kappa shape index (κ3) is 4.88. The molecule has 2 heterocycles. The number of rotatable bonds is 5. The Labute approximate surface area is 186 Å². The molecule has 7 nitrogen and oxygen atoms in total. The van der Waals surface area contributed by atoms with Gasteiger partial charge in [0, 0.05) is 54.3 Å². The molecule has 160 valence electrons. The molecule has 0 aliphatic carbocycles. The molecule has 8 heteroatoms. The Balaban J connectivity index is 1.27. The fraction of sp³-hybridized carbons (Fsp3) is 0.261. The van der Waals surface area contributed by atoms with Crippen LogP contribution in [0.1, 0.15) is 16.1 Å². The first-order valence-corrected chi connectivity index (χ1v) is 10.6. The topological polar surface area (TPSA) is 70.5 Å². The van der Waals surface area contributed by atoms with Gasteiger partial charge in [-0.1, -0.05) is 17.7 Å². The van der Waals surface area contributed by atoms with Crippen LogP contribution in [0, 0.1) is 6.92 Å². The molecule has 2 amide bonds. The highest BCUT2D eigenvalue weighted by Crippen LogP contribution is 2.20. The van der Waals surface area contributed by atoms with Crippen molar-refractivity contribution in [2.45, 2.75) is 6.92 Å². The number of carbonyl (C=O) groups is 2. The van der Waals surface area contributed by atoms with Crippen LogP contribution in [0.3, 0.4) is 0 Å². The zero-order chi connectivity index (χ0) is 21.8. The largest absolute Gasteiger partial charge is 0.368 e. The normalized spacial score (nSPS) is 13.9. The molecule has 2 aromatic carbocycles. The number of anilines is 1.